The Morgan fingerprint density at radius 2 is 2.12 bits per heavy atom. The minimum absolute atomic E-state index is 0.0860. The molecular formula is C13H26N2O. The van der Waals surface area contributed by atoms with E-state index in [0.29, 0.717) is 18.4 Å². The van der Waals surface area contributed by atoms with Gasteiger partial charge in [0.25, 0.3) is 0 Å². The highest BCUT2D eigenvalue weighted by Crippen LogP contribution is 2.32. The predicted molar refractivity (Wildman–Crippen MR) is 67.1 cm³/mol. The summed E-state index contributed by atoms with van der Waals surface area (Å²) in [6.07, 6.45) is 7.68. The molecule has 3 heteroatoms. The van der Waals surface area contributed by atoms with Crippen molar-refractivity contribution in [3.05, 3.63) is 0 Å². The van der Waals surface area contributed by atoms with Gasteiger partial charge in [0.05, 0.1) is 0 Å². The molecule has 1 fully saturated rings. The maximum absolute atomic E-state index is 11.6. The van der Waals surface area contributed by atoms with Gasteiger partial charge in [0, 0.05) is 18.5 Å². The summed E-state index contributed by atoms with van der Waals surface area (Å²) in [6.45, 7) is 4.27. The van der Waals surface area contributed by atoms with Gasteiger partial charge in [-0.05, 0) is 32.1 Å². The lowest BCUT2D eigenvalue weighted by Gasteiger charge is -2.15. The van der Waals surface area contributed by atoms with Gasteiger partial charge in [0.15, 0.2) is 0 Å². The fourth-order valence-corrected chi connectivity index (χ4v) is 2.01. The number of amides is 1. The fraction of sp³-hybridized carbons (Fsp3) is 0.923. The Balaban J connectivity index is 2.07. The van der Waals surface area contributed by atoms with Crippen molar-refractivity contribution in [3.8, 4) is 0 Å². The van der Waals surface area contributed by atoms with E-state index in [1.54, 1.807) is 0 Å². The average molecular weight is 226 g/mol. The normalized spacial score (nSPS) is 19.2. The minimum Gasteiger partial charge on any atom is -0.354 e. The number of nitrogens with one attached hydrogen (secondary N) is 1. The molecule has 0 spiro atoms. The second-order valence-electron chi connectivity index (χ2n) is 5.17. The summed E-state index contributed by atoms with van der Waals surface area (Å²) in [7, 11) is 0. The first kappa shape index (κ1) is 13.5. The number of unbranched alkanes of at least 4 members (excludes halogenated alkanes) is 2. The topological polar surface area (TPSA) is 55.1 Å². The molecule has 16 heavy (non-hydrogen) atoms. The molecule has 0 bridgehead atoms. The van der Waals surface area contributed by atoms with Crippen LogP contribution in [0.1, 0.15) is 58.8 Å². The van der Waals surface area contributed by atoms with E-state index in [1.165, 1.54) is 32.1 Å². The van der Waals surface area contributed by atoms with Crippen LogP contribution in [0.3, 0.4) is 0 Å². The van der Waals surface area contributed by atoms with Gasteiger partial charge in [0.1, 0.15) is 0 Å². The Morgan fingerprint density at radius 3 is 2.69 bits per heavy atom. The molecule has 2 unspecified atom stereocenters. The molecule has 1 rings (SSSR count). The first-order valence-corrected chi connectivity index (χ1v) is 6.68. The third-order valence-electron chi connectivity index (χ3n) is 3.30. The third kappa shape index (κ3) is 5.50. The summed E-state index contributed by atoms with van der Waals surface area (Å²) in [4.78, 5) is 11.6. The molecule has 1 aliphatic carbocycles. The van der Waals surface area contributed by atoms with Crippen LogP contribution in [0.2, 0.25) is 0 Å². The monoisotopic (exact) mass is 226 g/mol. The lowest BCUT2D eigenvalue weighted by atomic mass is 10.1. The largest absolute Gasteiger partial charge is 0.354 e. The number of hydrogen-bond acceptors (Lipinski definition) is 2. The Hall–Kier alpha value is -0.570. The first-order valence-electron chi connectivity index (χ1n) is 6.68. The van der Waals surface area contributed by atoms with Gasteiger partial charge in [-0.2, -0.15) is 0 Å². The molecule has 0 aliphatic heterocycles. The molecule has 0 aromatic rings. The Morgan fingerprint density at radius 1 is 1.44 bits per heavy atom. The number of hydrogen-bond donors (Lipinski definition) is 2. The molecular weight excluding hydrogens is 200 g/mol. The van der Waals surface area contributed by atoms with Crippen molar-refractivity contribution in [2.24, 2.45) is 11.7 Å². The van der Waals surface area contributed by atoms with Gasteiger partial charge >= 0.3 is 0 Å². The smallest absolute Gasteiger partial charge is 0.221 e. The highest BCUT2D eigenvalue weighted by Gasteiger charge is 2.29. The molecule has 0 radical (unpaired) electrons. The van der Waals surface area contributed by atoms with Crippen molar-refractivity contribution in [1.29, 1.82) is 0 Å². The van der Waals surface area contributed by atoms with Gasteiger partial charge in [-0.25, -0.2) is 0 Å². The van der Waals surface area contributed by atoms with Gasteiger partial charge in [0.2, 0.25) is 5.91 Å². The van der Waals surface area contributed by atoms with Crippen LogP contribution in [0, 0.1) is 5.92 Å². The van der Waals surface area contributed by atoms with Crippen molar-refractivity contribution in [2.75, 3.05) is 0 Å². The van der Waals surface area contributed by atoms with E-state index in [4.69, 9.17) is 5.73 Å². The van der Waals surface area contributed by atoms with Crippen LogP contribution < -0.4 is 11.1 Å². The molecule has 3 N–H and O–H groups in total. The van der Waals surface area contributed by atoms with Crippen LogP contribution in [-0.4, -0.2) is 18.0 Å². The van der Waals surface area contributed by atoms with Crippen molar-refractivity contribution in [2.45, 2.75) is 70.9 Å². The highest BCUT2D eigenvalue weighted by atomic mass is 16.1. The zero-order chi connectivity index (χ0) is 12.0. The second kappa shape index (κ2) is 6.89. The molecule has 0 saturated heterocycles. The van der Waals surface area contributed by atoms with Crippen LogP contribution in [0.25, 0.3) is 0 Å². The molecule has 1 amide bonds. The standard InChI is InChI=1S/C13H26N2O/c1-3-4-5-6-10(2)15-13(16)9-12(14)11-7-8-11/h10-12H,3-9,14H2,1-2H3,(H,15,16). The molecule has 3 nitrogen and oxygen atoms in total. The number of nitrogens with two attached hydrogens (primary N) is 1. The molecule has 0 aromatic carbocycles. The van der Waals surface area contributed by atoms with Crippen LogP contribution in [-0.2, 0) is 4.79 Å². The maximum atomic E-state index is 11.6. The summed E-state index contributed by atoms with van der Waals surface area (Å²) < 4.78 is 0. The van der Waals surface area contributed by atoms with Crippen molar-refractivity contribution < 1.29 is 4.79 Å². The lowest BCUT2D eigenvalue weighted by molar-refractivity contribution is -0.122. The van der Waals surface area contributed by atoms with Crippen LogP contribution in [0.4, 0.5) is 0 Å². The molecule has 0 aromatic heterocycles. The second-order valence-corrected chi connectivity index (χ2v) is 5.17. The van der Waals surface area contributed by atoms with E-state index in [0.717, 1.165) is 6.42 Å². The van der Waals surface area contributed by atoms with E-state index in [9.17, 15) is 4.79 Å². The molecule has 94 valence electrons. The SMILES string of the molecule is CCCCCC(C)NC(=O)CC(N)C1CC1. The molecule has 2 atom stereocenters. The van der Waals surface area contributed by atoms with Crippen LogP contribution in [0.5, 0.6) is 0 Å². The average Bonchev–Trinajstić information content (AvgIpc) is 3.00. The first-order chi connectivity index (χ1) is 7.63. The van der Waals surface area contributed by atoms with Crippen LogP contribution in [0.15, 0.2) is 0 Å². The zero-order valence-corrected chi connectivity index (χ0v) is 10.7. The predicted octanol–water partition coefficient (Wildman–Crippen LogP) is 2.20. The Labute approximate surface area is 99.2 Å². The molecule has 1 aliphatic rings. The zero-order valence-electron chi connectivity index (χ0n) is 10.7. The maximum Gasteiger partial charge on any atom is 0.221 e. The third-order valence-corrected chi connectivity index (χ3v) is 3.30. The quantitative estimate of drug-likeness (QED) is 0.623. The Bertz CT molecular complexity index is 214. The van der Waals surface area contributed by atoms with E-state index < -0.39 is 0 Å². The van der Waals surface area contributed by atoms with Crippen molar-refractivity contribution in [3.63, 3.8) is 0 Å². The minimum atomic E-state index is 0.0860. The van der Waals surface area contributed by atoms with E-state index in [2.05, 4.69) is 19.2 Å². The van der Waals surface area contributed by atoms with Gasteiger partial charge in [-0.15, -0.1) is 0 Å². The van der Waals surface area contributed by atoms with Crippen molar-refractivity contribution in [1.82, 2.24) is 5.32 Å². The summed E-state index contributed by atoms with van der Waals surface area (Å²) >= 11 is 0. The number of rotatable bonds is 8. The van der Waals surface area contributed by atoms with Gasteiger partial charge in [-0.1, -0.05) is 26.2 Å². The molecule has 1 saturated carbocycles. The number of carbonyl (C=O) groups is 1. The summed E-state index contributed by atoms with van der Waals surface area (Å²) in [5.41, 5.74) is 5.92. The number of carbonyl (C=O) groups excluding carboxylic acids is 1. The molecule has 0 heterocycles. The summed E-state index contributed by atoms with van der Waals surface area (Å²) in [5, 5.41) is 3.03. The van der Waals surface area contributed by atoms with E-state index >= 15 is 0 Å². The summed E-state index contributed by atoms with van der Waals surface area (Å²) in [5.74, 6) is 0.740. The van der Waals surface area contributed by atoms with Crippen molar-refractivity contribution >= 4 is 5.91 Å². The fourth-order valence-electron chi connectivity index (χ4n) is 2.01. The summed E-state index contributed by atoms with van der Waals surface area (Å²) in [6, 6.07) is 0.383. The Kier molecular flexibility index (Phi) is 5.81. The highest BCUT2D eigenvalue weighted by molar-refractivity contribution is 5.76. The van der Waals surface area contributed by atoms with Gasteiger partial charge in [-0.3, -0.25) is 4.79 Å². The van der Waals surface area contributed by atoms with E-state index in [-0.39, 0.29) is 11.9 Å². The van der Waals surface area contributed by atoms with Gasteiger partial charge < -0.3 is 11.1 Å². The van der Waals surface area contributed by atoms with Crippen LogP contribution >= 0.6 is 0 Å². The van der Waals surface area contributed by atoms with E-state index in [1.807, 2.05) is 0 Å². The lowest BCUT2D eigenvalue weighted by Crippen LogP contribution is -2.37.